The molecule has 39 heavy (non-hydrogen) atoms. The van der Waals surface area contributed by atoms with Crippen LogP contribution in [0.4, 0.5) is 0 Å². The largest absolute Gasteiger partial charge is 0.508 e. The Hall–Kier alpha value is -3.11. The van der Waals surface area contributed by atoms with Crippen molar-refractivity contribution < 1.29 is 59.5 Å². The summed E-state index contributed by atoms with van der Waals surface area (Å²) in [6.07, 6.45) is -12.7. The van der Waals surface area contributed by atoms with E-state index in [4.69, 9.17) is 18.6 Å². The van der Waals surface area contributed by atoms with Crippen LogP contribution < -0.4 is 5.43 Å². The van der Waals surface area contributed by atoms with Gasteiger partial charge in [-0.25, -0.2) is 0 Å². The first-order chi connectivity index (χ1) is 18.6. The molecule has 0 bridgehead atoms. The maximum absolute atomic E-state index is 13.3. The van der Waals surface area contributed by atoms with Crippen molar-refractivity contribution in [2.75, 3.05) is 13.2 Å². The van der Waals surface area contributed by atoms with Crippen LogP contribution in [-0.2, 0) is 14.2 Å². The van der Waals surface area contributed by atoms with Gasteiger partial charge in [0.25, 0.3) is 0 Å². The van der Waals surface area contributed by atoms with E-state index in [0.717, 1.165) is 6.26 Å². The lowest BCUT2D eigenvalue weighted by molar-refractivity contribution is -0.291. The minimum Gasteiger partial charge on any atom is -0.508 e. The minimum atomic E-state index is -1.78. The second-order valence-corrected chi connectivity index (χ2v) is 9.55. The van der Waals surface area contributed by atoms with Gasteiger partial charge in [0.15, 0.2) is 6.29 Å². The fourth-order valence-corrected chi connectivity index (χ4v) is 4.77. The van der Waals surface area contributed by atoms with Crippen LogP contribution in [0.3, 0.4) is 0 Å². The Morgan fingerprint density at radius 3 is 2.28 bits per heavy atom. The Labute approximate surface area is 220 Å². The van der Waals surface area contributed by atoms with Crippen LogP contribution in [0, 0.1) is 0 Å². The molecule has 3 aromatic rings. The number of hydrogen-bond donors (Lipinski definition) is 8. The fraction of sp³-hybridized carbons (Fsp3) is 0.423. The highest BCUT2D eigenvalue weighted by molar-refractivity contribution is 5.86. The van der Waals surface area contributed by atoms with Crippen molar-refractivity contribution in [3.05, 3.63) is 58.4 Å². The third-order valence-corrected chi connectivity index (χ3v) is 7.01. The fourth-order valence-electron chi connectivity index (χ4n) is 4.77. The van der Waals surface area contributed by atoms with Crippen LogP contribution in [0.25, 0.3) is 22.1 Å². The molecule has 3 heterocycles. The number of phenolic OH excluding ortho intramolecular Hbond substituents is 2. The maximum atomic E-state index is 13.3. The highest BCUT2D eigenvalue weighted by atomic mass is 16.7. The number of aliphatic hydroxyl groups excluding tert-OH is 6. The Balaban J connectivity index is 1.45. The summed E-state index contributed by atoms with van der Waals surface area (Å²) in [7, 11) is 0. The summed E-state index contributed by atoms with van der Waals surface area (Å²) in [4.78, 5) is 13.3. The first-order valence-electron chi connectivity index (χ1n) is 12.1. The van der Waals surface area contributed by atoms with Crippen LogP contribution in [0.5, 0.6) is 11.5 Å². The van der Waals surface area contributed by atoms with Gasteiger partial charge in [0, 0.05) is 0 Å². The summed E-state index contributed by atoms with van der Waals surface area (Å²) in [6.45, 7) is -0.817. The molecule has 8 N–H and O–H groups in total. The van der Waals surface area contributed by atoms with Crippen LogP contribution in [-0.4, -0.2) is 103 Å². The zero-order valence-corrected chi connectivity index (χ0v) is 20.3. The zero-order chi connectivity index (χ0) is 28.0. The highest BCUT2D eigenvalue weighted by Crippen LogP contribution is 2.41. The average molecular weight is 548 g/mol. The SMILES string of the molecule is O=c1c(-c2ccc(O)cc2)coc2c(C3OC(COC4OCC(O)C(O)C4O)C(O)C(O)C3O)c(O)ccc12. The topological polar surface area (TPSA) is 220 Å². The van der Waals surface area contributed by atoms with Crippen molar-refractivity contribution in [2.24, 2.45) is 0 Å². The number of rotatable bonds is 5. The van der Waals surface area contributed by atoms with Gasteiger partial charge in [0.05, 0.1) is 29.7 Å². The smallest absolute Gasteiger partial charge is 0.200 e. The monoisotopic (exact) mass is 548 g/mol. The number of benzene rings is 2. The molecule has 2 fully saturated rings. The minimum absolute atomic E-state index is 0.0113. The molecule has 5 rings (SSSR count). The van der Waals surface area contributed by atoms with Crippen molar-refractivity contribution in [3.63, 3.8) is 0 Å². The molecule has 9 atom stereocenters. The number of ether oxygens (including phenoxy) is 3. The van der Waals surface area contributed by atoms with Crippen LogP contribution in [0.2, 0.25) is 0 Å². The van der Waals surface area contributed by atoms with E-state index in [1.165, 1.54) is 36.4 Å². The van der Waals surface area contributed by atoms with Crippen LogP contribution in [0.1, 0.15) is 11.7 Å². The summed E-state index contributed by atoms with van der Waals surface area (Å²) in [5.74, 6) is -0.407. The van der Waals surface area contributed by atoms with E-state index < -0.39 is 72.9 Å². The lowest BCUT2D eigenvalue weighted by Crippen LogP contribution is -2.57. The Kier molecular flexibility index (Phi) is 7.61. The highest BCUT2D eigenvalue weighted by Gasteiger charge is 2.47. The van der Waals surface area contributed by atoms with Crippen molar-refractivity contribution in [1.82, 2.24) is 0 Å². The van der Waals surface area contributed by atoms with E-state index in [9.17, 15) is 45.6 Å². The summed E-state index contributed by atoms with van der Waals surface area (Å²) in [5.41, 5.74) is -0.120. The van der Waals surface area contributed by atoms with E-state index in [1.807, 2.05) is 0 Å². The number of hydrogen-bond acceptors (Lipinski definition) is 13. The van der Waals surface area contributed by atoms with Gasteiger partial charge in [-0.05, 0) is 29.8 Å². The predicted octanol–water partition coefficient (Wildman–Crippen LogP) is -1.15. The van der Waals surface area contributed by atoms with Crippen molar-refractivity contribution in [1.29, 1.82) is 0 Å². The van der Waals surface area contributed by atoms with Gasteiger partial charge < -0.3 is 59.5 Å². The molecule has 210 valence electrons. The molecule has 9 unspecified atom stereocenters. The lowest BCUT2D eigenvalue weighted by Gasteiger charge is -2.42. The lowest BCUT2D eigenvalue weighted by atomic mass is 9.89. The van der Waals surface area contributed by atoms with Crippen molar-refractivity contribution >= 4 is 11.0 Å². The zero-order valence-electron chi connectivity index (χ0n) is 20.3. The van der Waals surface area contributed by atoms with E-state index >= 15 is 0 Å². The number of aliphatic hydroxyl groups is 6. The van der Waals surface area contributed by atoms with E-state index in [2.05, 4.69) is 0 Å². The summed E-state index contributed by atoms with van der Waals surface area (Å²) >= 11 is 0. The normalized spacial score (nSPS) is 33.3. The van der Waals surface area contributed by atoms with Gasteiger partial charge in [-0.3, -0.25) is 4.79 Å². The molecular weight excluding hydrogens is 520 g/mol. The summed E-state index contributed by atoms with van der Waals surface area (Å²) in [5, 5.41) is 81.6. The number of fused-ring (bicyclic) bond motifs is 1. The van der Waals surface area contributed by atoms with Gasteiger partial charge >= 0.3 is 0 Å². The first kappa shape index (κ1) is 27.5. The molecule has 0 spiro atoms. The molecule has 0 aliphatic carbocycles. The molecule has 2 aliphatic rings. The standard InChI is InChI=1S/C26H28O13/c27-11-3-1-10(2-4-11)13-7-36-24-12(18(13)30)5-6-14(28)17(24)25-22(34)21(33)20(32)16(39-25)9-38-26-23(35)19(31)15(29)8-37-26/h1-7,15-16,19-23,25-29,31-35H,8-9H2. The average Bonchev–Trinajstić information content (AvgIpc) is 2.92. The molecular formula is C26H28O13. The van der Waals surface area contributed by atoms with E-state index in [1.54, 1.807) is 0 Å². The molecule has 2 saturated heterocycles. The van der Waals surface area contributed by atoms with Gasteiger partial charge in [-0.15, -0.1) is 0 Å². The van der Waals surface area contributed by atoms with Gasteiger partial charge in [-0.1, -0.05) is 12.1 Å². The second-order valence-electron chi connectivity index (χ2n) is 9.55. The Morgan fingerprint density at radius 2 is 1.56 bits per heavy atom. The van der Waals surface area contributed by atoms with Crippen LogP contribution >= 0.6 is 0 Å². The van der Waals surface area contributed by atoms with E-state index in [-0.39, 0.29) is 34.5 Å². The molecule has 0 radical (unpaired) electrons. The van der Waals surface area contributed by atoms with Crippen molar-refractivity contribution in [3.8, 4) is 22.6 Å². The van der Waals surface area contributed by atoms with Crippen LogP contribution in [0.15, 0.2) is 51.9 Å². The van der Waals surface area contributed by atoms with Gasteiger partial charge in [0.2, 0.25) is 5.43 Å². The summed E-state index contributed by atoms with van der Waals surface area (Å²) < 4.78 is 22.1. The Morgan fingerprint density at radius 1 is 0.846 bits per heavy atom. The molecule has 13 nitrogen and oxygen atoms in total. The molecule has 2 aliphatic heterocycles. The van der Waals surface area contributed by atoms with Gasteiger partial charge in [0.1, 0.15) is 72.2 Å². The van der Waals surface area contributed by atoms with Crippen molar-refractivity contribution in [2.45, 2.75) is 55.1 Å². The Bertz CT molecular complexity index is 1370. The third kappa shape index (κ3) is 5.00. The molecule has 0 saturated carbocycles. The number of phenols is 2. The summed E-state index contributed by atoms with van der Waals surface area (Å²) in [6, 6.07) is 8.39. The predicted molar refractivity (Wildman–Crippen MR) is 131 cm³/mol. The third-order valence-electron chi connectivity index (χ3n) is 7.01. The second kappa shape index (κ2) is 10.8. The first-order valence-corrected chi connectivity index (χ1v) is 12.1. The number of aromatic hydroxyl groups is 2. The quantitative estimate of drug-likeness (QED) is 0.189. The molecule has 1 aromatic heterocycles. The maximum Gasteiger partial charge on any atom is 0.200 e. The van der Waals surface area contributed by atoms with Gasteiger partial charge in [-0.2, -0.15) is 0 Å². The molecule has 13 heteroatoms. The molecule has 2 aromatic carbocycles. The molecule has 0 amide bonds. The van der Waals surface area contributed by atoms with E-state index in [0.29, 0.717) is 5.56 Å².